The van der Waals surface area contributed by atoms with Crippen molar-refractivity contribution in [2.24, 2.45) is 5.92 Å². The highest BCUT2D eigenvalue weighted by molar-refractivity contribution is 5.79. The van der Waals surface area contributed by atoms with Crippen LogP contribution in [0.1, 0.15) is 25.7 Å². The predicted molar refractivity (Wildman–Crippen MR) is 49.7 cm³/mol. The molecule has 1 saturated heterocycles. The third-order valence-electron chi connectivity index (χ3n) is 3.07. The average molecular weight is 219 g/mol. The predicted octanol–water partition coefficient (Wildman–Crippen LogP) is 1.33. The van der Waals surface area contributed by atoms with E-state index in [0.29, 0.717) is 26.1 Å². The summed E-state index contributed by atoms with van der Waals surface area (Å²) in [4.78, 5) is 11.6. The van der Waals surface area contributed by atoms with Gasteiger partial charge in [0.05, 0.1) is 19.3 Å². The molecule has 0 aromatic heterocycles. The molecule has 15 heavy (non-hydrogen) atoms. The van der Waals surface area contributed by atoms with Gasteiger partial charge in [-0.25, -0.2) is 8.78 Å². The topological polar surface area (TPSA) is 38.3 Å². The minimum atomic E-state index is -2.56. The third-order valence-corrected chi connectivity index (χ3v) is 3.07. The van der Waals surface area contributed by atoms with Gasteiger partial charge in [0.1, 0.15) is 0 Å². The van der Waals surface area contributed by atoms with Crippen molar-refractivity contribution in [3.63, 3.8) is 0 Å². The number of alkyl halides is 2. The van der Waals surface area contributed by atoms with Crippen molar-refractivity contribution in [2.75, 3.05) is 13.2 Å². The number of carbonyl (C=O) groups is 1. The van der Waals surface area contributed by atoms with E-state index in [-0.39, 0.29) is 30.7 Å². The Hall–Kier alpha value is -0.710. The van der Waals surface area contributed by atoms with Crippen LogP contribution in [-0.4, -0.2) is 31.1 Å². The largest absolute Gasteiger partial charge is 0.377 e. The highest BCUT2D eigenvalue weighted by atomic mass is 19.3. The summed E-state index contributed by atoms with van der Waals surface area (Å²) in [6.07, 6.45) is 0.275. The normalized spacial score (nSPS) is 27.1. The number of carbonyl (C=O) groups excluding carboxylic acids is 1. The molecule has 2 fully saturated rings. The lowest BCUT2D eigenvalue weighted by molar-refractivity contribution is -0.133. The highest BCUT2D eigenvalue weighted by Gasteiger charge is 2.38. The molecule has 86 valence electrons. The number of rotatable bonds is 2. The van der Waals surface area contributed by atoms with Crippen molar-refractivity contribution >= 4 is 5.91 Å². The van der Waals surface area contributed by atoms with E-state index in [1.165, 1.54) is 0 Å². The number of amides is 1. The fourth-order valence-corrected chi connectivity index (χ4v) is 1.94. The summed E-state index contributed by atoms with van der Waals surface area (Å²) in [5.74, 6) is -2.87. The zero-order chi connectivity index (χ0) is 10.9. The van der Waals surface area contributed by atoms with Gasteiger partial charge in [-0.1, -0.05) is 0 Å². The summed E-state index contributed by atoms with van der Waals surface area (Å²) in [7, 11) is 0. The Morgan fingerprint density at radius 2 is 1.87 bits per heavy atom. The molecule has 1 saturated carbocycles. The maximum atomic E-state index is 12.8. The van der Waals surface area contributed by atoms with Gasteiger partial charge in [0.25, 0.3) is 0 Å². The van der Waals surface area contributed by atoms with Crippen LogP contribution in [0.2, 0.25) is 0 Å². The van der Waals surface area contributed by atoms with Crippen LogP contribution in [0, 0.1) is 5.92 Å². The van der Waals surface area contributed by atoms with Crippen LogP contribution < -0.4 is 5.32 Å². The molecule has 0 bridgehead atoms. The SMILES string of the molecule is O=C(NC1COC1)C1CCC(F)(F)CC1. The second kappa shape index (κ2) is 4.04. The molecule has 2 rings (SSSR count). The van der Waals surface area contributed by atoms with Crippen LogP contribution in [0.4, 0.5) is 8.78 Å². The Morgan fingerprint density at radius 3 is 2.33 bits per heavy atom. The molecule has 1 aliphatic heterocycles. The molecule has 0 aromatic carbocycles. The van der Waals surface area contributed by atoms with Crippen molar-refractivity contribution in [3.05, 3.63) is 0 Å². The number of hydrogen-bond acceptors (Lipinski definition) is 2. The van der Waals surface area contributed by atoms with Gasteiger partial charge in [-0.15, -0.1) is 0 Å². The summed E-state index contributed by atoms with van der Waals surface area (Å²) in [5.41, 5.74) is 0. The van der Waals surface area contributed by atoms with Crippen molar-refractivity contribution in [1.82, 2.24) is 5.32 Å². The summed E-state index contributed by atoms with van der Waals surface area (Å²) < 4.78 is 30.6. The summed E-state index contributed by atoms with van der Waals surface area (Å²) in [5, 5.41) is 2.80. The molecule has 5 heteroatoms. The van der Waals surface area contributed by atoms with Gasteiger partial charge in [0.15, 0.2) is 0 Å². The van der Waals surface area contributed by atoms with E-state index < -0.39 is 5.92 Å². The minimum absolute atomic E-state index is 0.0844. The molecule has 2 aliphatic rings. The lowest BCUT2D eigenvalue weighted by atomic mass is 9.86. The van der Waals surface area contributed by atoms with Gasteiger partial charge in [-0.2, -0.15) is 0 Å². The van der Waals surface area contributed by atoms with Crippen LogP contribution >= 0.6 is 0 Å². The van der Waals surface area contributed by atoms with Crippen LogP contribution in [-0.2, 0) is 9.53 Å². The lowest BCUT2D eigenvalue weighted by Crippen LogP contribution is -2.51. The molecule has 0 spiro atoms. The van der Waals surface area contributed by atoms with E-state index in [4.69, 9.17) is 4.74 Å². The highest BCUT2D eigenvalue weighted by Crippen LogP contribution is 2.36. The van der Waals surface area contributed by atoms with Gasteiger partial charge < -0.3 is 10.1 Å². The van der Waals surface area contributed by atoms with Gasteiger partial charge in [0, 0.05) is 18.8 Å². The molecule has 1 N–H and O–H groups in total. The van der Waals surface area contributed by atoms with E-state index in [1.54, 1.807) is 0 Å². The second-order valence-corrected chi connectivity index (χ2v) is 4.37. The Bertz CT molecular complexity index is 244. The average Bonchev–Trinajstić information content (AvgIpc) is 2.11. The van der Waals surface area contributed by atoms with Crippen molar-refractivity contribution in [1.29, 1.82) is 0 Å². The maximum absolute atomic E-state index is 12.8. The second-order valence-electron chi connectivity index (χ2n) is 4.37. The van der Waals surface area contributed by atoms with Crippen molar-refractivity contribution in [2.45, 2.75) is 37.6 Å². The van der Waals surface area contributed by atoms with E-state index in [9.17, 15) is 13.6 Å². The maximum Gasteiger partial charge on any atom is 0.248 e. The molecule has 1 amide bonds. The molecule has 1 heterocycles. The Morgan fingerprint density at radius 1 is 1.27 bits per heavy atom. The molecular weight excluding hydrogens is 204 g/mol. The number of halogens is 2. The van der Waals surface area contributed by atoms with E-state index in [1.807, 2.05) is 0 Å². The zero-order valence-electron chi connectivity index (χ0n) is 8.47. The fraction of sp³-hybridized carbons (Fsp3) is 0.900. The van der Waals surface area contributed by atoms with E-state index in [2.05, 4.69) is 5.32 Å². The summed E-state index contributed by atoms with van der Waals surface area (Å²) in [6.45, 7) is 1.10. The van der Waals surface area contributed by atoms with Gasteiger partial charge >= 0.3 is 0 Å². The third kappa shape index (κ3) is 2.65. The fourth-order valence-electron chi connectivity index (χ4n) is 1.94. The minimum Gasteiger partial charge on any atom is -0.377 e. The van der Waals surface area contributed by atoms with Crippen LogP contribution in [0.3, 0.4) is 0 Å². The van der Waals surface area contributed by atoms with Crippen LogP contribution in [0.25, 0.3) is 0 Å². The van der Waals surface area contributed by atoms with Gasteiger partial charge in [0.2, 0.25) is 11.8 Å². The lowest BCUT2D eigenvalue weighted by Gasteiger charge is -2.31. The first-order valence-electron chi connectivity index (χ1n) is 5.33. The quantitative estimate of drug-likeness (QED) is 0.760. The Balaban J connectivity index is 1.76. The first kappa shape index (κ1) is 10.8. The molecule has 0 unspecified atom stereocenters. The van der Waals surface area contributed by atoms with E-state index in [0.717, 1.165) is 0 Å². The number of ether oxygens (including phenoxy) is 1. The number of nitrogens with one attached hydrogen (secondary N) is 1. The summed E-state index contributed by atoms with van der Waals surface area (Å²) >= 11 is 0. The molecule has 0 aromatic rings. The zero-order valence-corrected chi connectivity index (χ0v) is 8.47. The molecule has 3 nitrogen and oxygen atoms in total. The number of hydrogen-bond donors (Lipinski definition) is 1. The molecule has 1 aliphatic carbocycles. The van der Waals surface area contributed by atoms with Crippen LogP contribution in [0.5, 0.6) is 0 Å². The standard InChI is InChI=1S/C10H15F2NO2/c11-10(12)3-1-7(2-4-10)9(14)13-8-5-15-6-8/h7-8H,1-6H2,(H,13,14). The summed E-state index contributed by atoms with van der Waals surface area (Å²) in [6, 6.07) is 0.0972. The molecular formula is C10H15F2NO2. The van der Waals surface area contributed by atoms with Crippen molar-refractivity contribution in [3.8, 4) is 0 Å². The smallest absolute Gasteiger partial charge is 0.248 e. The first-order valence-corrected chi connectivity index (χ1v) is 5.33. The first-order chi connectivity index (χ1) is 7.07. The van der Waals surface area contributed by atoms with Gasteiger partial charge in [-0.3, -0.25) is 4.79 Å². The molecule has 0 atom stereocenters. The Kier molecular flexibility index (Phi) is 2.91. The monoisotopic (exact) mass is 219 g/mol. The Labute approximate surface area is 87.2 Å². The van der Waals surface area contributed by atoms with Gasteiger partial charge in [-0.05, 0) is 12.8 Å². The van der Waals surface area contributed by atoms with E-state index >= 15 is 0 Å². The van der Waals surface area contributed by atoms with Crippen LogP contribution in [0.15, 0.2) is 0 Å². The molecule has 0 radical (unpaired) electrons. The van der Waals surface area contributed by atoms with Crippen molar-refractivity contribution < 1.29 is 18.3 Å².